The number of amides is 2. The molecule has 0 fully saturated rings. The molecule has 0 aliphatic carbocycles. The SMILES string of the molecule is CC(C)N(C)C(=O)N[C@H](C)C(=O)O. The maximum atomic E-state index is 11.3. The first kappa shape index (κ1) is 11.7. The second kappa shape index (κ2) is 4.69. The summed E-state index contributed by atoms with van der Waals surface area (Å²) in [5.74, 6) is -1.04. The first-order valence-electron chi connectivity index (χ1n) is 4.12. The Morgan fingerprint density at radius 3 is 2.08 bits per heavy atom. The maximum Gasteiger partial charge on any atom is 0.325 e. The molecule has 0 aliphatic heterocycles. The van der Waals surface area contributed by atoms with Crippen LogP contribution >= 0.6 is 0 Å². The van der Waals surface area contributed by atoms with Gasteiger partial charge in [0.1, 0.15) is 6.04 Å². The lowest BCUT2D eigenvalue weighted by atomic mass is 10.3. The second-order valence-electron chi connectivity index (χ2n) is 3.21. The van der Waals surface area contributed by atoms with Gasteiger partial charge >= 0.3 is 12.0 Å². The summed E-state index contributed by atoms with van der Waals surface area (Å²) in [5.41, 5.74) is 0. The highest BCUT2D eigenvalue weighted by atomic mass is 16.4. The van der Waals surface area contributed by atoms with Gasteiger partial charge < -0.3 is 15.3 Å². The van der Waals surface area contributed by atoms with Crippen molar-refractivity contribution in [3.05, 3.63) is 0 Å². The van der Waals surface area contributed by atoms with E-state index in [1.165, 1.54) is 11.8 Å². The third-order valence-corrected chi connectivity index (χ3v) is 1.81. The van der Waals surface area contributed by atoms with E-state index in [0.29, 0.717) is 0 Å². The van der Waals surface area contributed by atoms with Gasteiger partial charge in [-0.05, 0) is 20.8 Å². The van der Waals surface area contributed by atoms with E-state index in [-0.39, 0.29) is 12.1 Å². The molecule has 76 valence electrons. The summed E-state index contributed by atoms with van der Waals surface area (Å²) in [6.07, 6.45) is 0. The fraction of sp³-hybridized carbons (Fsp3) is 0.750. The predicted molar refractivity (Wildman–Crippen MR) is 48.5 cm³/mol. The van der Waals surface area contributed by atoms with E-state index in [4.69, 9.17) is 5.11 Å². The van der Waals surface area contributed by atoms with Gasteiger partial charge in [-0.2, -0.15) is 0 Å². The molecule has 1 atom stereocenters. The number of nitrogens with one attached hydrogen (secondary N) is 1. The number of carbonyl (C=O) groups is 2. The number of carbonyl (C=O) groups excluding carboxylic acids is 1. The standard InChI is InChI=1S/C8H16N2O3/c1-5(2)10(4)8(13)9-6(3)7(11)12/h5-6H,1-4H3,(H,9,13)(H,11,12)/t6-/m1/s1. The van der Waals surface area contributed by atoms with Gasteiger partial charge in [0, 0.05) is 13.1 Å². The number of rotatable bonds is 3. The third kappa shape index (κ3) is 3.78. The zero-order valence-electron chi connectivity index (χ0n) is 8.37. The van der Waals surface area contributed by atoms with Crippen LogP contribution in [-0.4, -0.2) is 41.1 Å². The number of urea groups is 1. The van der Waals surface area contributed by atoms with Gasteiger partial charge in [-0.15, -0.1) is 0 Å². The molecular formula is C8H16N2O3. The molecule has 0 rings (SSSR count). The van der Waals surface area contributed by atoms with Crippen molar-refractivity contribution >= 4 is 12.0 Å². The molecule has 0 saturated heterocycles. The molecule has 2 amide bonds. The zero-order chi connectivity index (χ0) is 10.6. The number of nitrogens with zero attached hydrogens (tertiary/aromatic N) is 1. The van der Waals surface area contributed by atoms with Crippen LogP contribution in [0, 0.1) is 0 Å². The normalized spacial score (nSPS) is 12.4. The Bertz CT molecular complexity index is 204. The molecule has 2 N–H and O–H groups in total. The highest BCUT2D eigenvalue weighted by Crippen LogP contribution is 1.94. The Kier molecular flexibility index (Phi) is 4.23. The quantitative estimate of drug-likeness (QED) is 0.678. The minimum atomic E-state index is -1.04. The van der Waals surface area contributed by atoms with Crippen LogP contribution in [0.25, 0.3) is 0 Å². The van der Waals surface area contributed by atoms with Crippen molar-refractivity contribution < 1.29 is 14.7 Å². The van der Waals surface area contributed by atoms with Crippen LogP contribution in [0.3, 0.4) is 0 Å². The molecule has 0 bridgehead atoms. The van der Waals surface area contributed by atoms with Gasteiger partial charge in [0.15, 0.2) is 0 Å². The molecule has 0 aromatic heterocycles. The van der Waals surface area contributed by atoms with Gasteiger partial charge in [0.2, 0.25) is 0 Å². The molecule has 0 spiro atoms. The number of carboxylic acids is 1. The van der Waals surface area contributed by atoms with Crippen molar-refractivity contribution in [1.29, 1.82) is 0 Å². The van der Waals surface area contributed by atoms with Crippen LogP contribution in [0.5, 0.6) is 0 Å². The summed E-state index contributed by atoms with van der Waals surface area (Å²) in [7, 11) is 1.62. The summed E-state index contributed by atoms with van der Waals surface area (Å²) >= 11 is 0. The Hall–Kier alpha value is -1.26. The van der Waals surface area contributed by atoms with Crippen molar-refractivity contribution in [2.24, 2.45) is 0 Å². The molecule has 13 heavy (non-hydrogen) atoms. The third-order valence-electron chi connectivity index (χ3n) is 1.81. The Balaban J connectivity index is 4.08. The molecule has 0 aromatic carbocycles. The highest BCUT2D eigenvalue weighted by Gasteiger charge is 2.17. The second-order valence-corrected chi connectivity index (χ2v) is 3.21. The van der Waals surface area contributed by atoms with E-state index in [1.807, 2.05) is 13.8 Å². The number of hydrogen-bond donors (Lipinski definition) is 2. The van der Waals surface area contributed by atoms with Crippen molar-refractivity contribution in [3.8, 4) is 0 Å². The van der Waals surface area contributed by atoms with Crippen molar-refractivity contribution in [2.45, 2.75) is 32.9 Å². The summed E-state index contributed by atoms with van der Waals surface area (Å²) in [4.78, 5) is 23.1. The molecule has 0 unspecified atom stereocenters. The van der Waals surface area contributed by atoms with Crippen LogP contribution in [0.15, 0.2) is 0 Å². The van der Waals surface area contributed by atoms with Crippen molar-refractivity contribution in [1.82, 2.24) is 10.2 Å². The summed E-state index contributed by atoms with van der Waals surface area (Å²) in [6.45, 7) is 5.13. The number of aliphatic carboxylic acids is 1. The predicted octanol–water partition coefficient (Wildman–Crippen LogP) is 0.509. The maximum absolute atomic E-state index is 11.3. The first-order valence-corrected chi connectivity index (χ1v) is 4.12. The summed E-state index contributed by atoms with van der Waals surface area (Å²) < 4.78 is 0. The van der Waals surface area contributed by atoms with Crippen LogP contribution < -0.4 is 5.32 Å². The minimum absolute atomic E-state index is 0.0565. The molecule has 0 heterocycles. The van der Waals surface area contributed by atoms with E-state index in [0.717, 1.165) is 0 Å². The number of hydrogen-bond acceptors (Lipinski definition) is 2. The van der Waals surface area contributed by atoms with E-state index in [2.05, 4.69) is 5.32 Å². The number of carboxylic acid groups (broad SMARTS) is 1. The van der Waals surface area contributed by atoms with Gasteiger partial charge in [-0.1, -0.05) is 0 Å². The largest absolute Gasteiger partial charge is 0.480 e. The van der Waals surface area contributed by atoms with Gasteiger partial charge in [-0.3, -0.25) is 4.79 Å². The Morgan fingerprint density at radius 1 is 1.31 bits per heavy atom. The molecule has 5 heteroatoms. The fourth-order valence-corrected chi connectivity index (χ4v) is 0.583. The van der Waals surface area contributed by atoms with Gasteiger partial charge in [-0.25, -0.2) is 4.79 Å². The lowest BCUT2D eigenvalue weighted by Crippen LogP contribution is -2.47. The lowest BCUT2D eigenvalue weighted by Gasteiger charge is -2.23. The monoisotopic (exact) mass is 188 g/mol. The molecule has 0 aliphatic rings. The minimum Gasteiger partial charge on any atom is -0.480 e. The molecule has 0 saturated carbocycles. The van der Waals surface area contributed by atoms with E-state index < -0.39 is 12.0 Å². The van der Waals surface area contributed by atoms with Crippen LogP contribution in [0.4, 0.5) is 4.79 Å². The Morgan fingerprint density at radius 2 is 1.77 bits per heavy atom. The van der Waals surface area contributed by atoms with E-state index in [9.17, 15) is 9.59 Å². The summed E-state index contributed by atoms with van der Waals surface area (Å²) in [6, 6.07) is -1.17. The lowest BCUT2D eigenvalue weighted by molar-refractivity contribution is -0.138. The zero-order valence-corrected chi connectivity index (χ0v) is 8.37. The van der Waals surface area contributed by atoms with Crippen LogP contribution in [0.1, 0.15) is 20.8 Å². The molecular weight excluding hydrogens is 172 g/mol. The molecule has 5 nitrogen and oxygen atoms in total. The van der Waals surface area contributed by atoms with E-state index >= 15 is 0 Å². The highest BCUT2D eigenvalue weighted by molar-refractivity contribution is 5.82. The summed E-state index contributed by atoms with van der Waals surface area (Å²) in [5, 5.41) is 10.9. The average molecular weight is 188 g/mol. The molecule has 0 aromatic rings. The van der Waals surface area contributed by atoms with Crippen LogP contribution in [-0.2, 0) is 4.79 Å². The van der Waals surface area contributed by atoms with Crippen LogP contribution in [0.2, 0.25) is 0 Å². The smallest absolute Gasteiger partial charge is 0.325 e. The van der Waals surface area contributed by atoms with Crippen molar-refractivity contribution in [2.75, 3.05) is 7.05 Å². The average Bonchev–Trinajstić information content (AvgIpc) is 2.02. The fourth-order valence-electron chi connectivity index (χ4n) is 0.583. The van der Waals surface area contributed by atoms with Crippen molar-refractivity contribution in [3.63, 3.8) is 0 Å². The Labute approximate surface area is 77.7 Å². The van der Waals surface area contributed by atoms with E-state index in [1.54, 1.807) is 7.05 Å². The molecule has 0 radical (unpaired) electrons. The van der Waals surface area contributed by atoms with Gasteiger partial charge in [0.25, 0.3) is 0 Å². The topological polar surface area (TPSA) is 69.6 Å². The van der Waals surface area contributed by atoms with Gasteiger partial charge in [0.05, 0.1) is 0 Å². The first-order chi connectivity index (χ1) is 5.86.